The zero-order chi connectivity index (χ0) is 24.1. The maximum Gasteiger partial charge on any atom is 0.330 e. The lowest BCUT2D eigenvalue weighted by Crippen LogP contribution is -2.67. The van der Waals surface area contributed by atoms with E-state index < -0.39 is 25.7 Å². The molecule has 0 spiro atoms. The molecule has 0 aliphatic rings. The van der Waals surface area contributed by atoms with Gasteiger partial charge in [0, 0.05) is 11.8 Å². The average Bonchev–Trinajstić information content (AvgIpc) is 2.80. The molecule has 0 bridgehead atoms. The predicted octanol–water partition coefficient (Wildman–Crippen LogP) is 1.76. The third kappa shape index (κ3) is 5.42. The first-order chi connectivity index (χ1) is 15.7. The third-order valence-electron chi connectivity index (χ3n) is 5.74. The minimum atomic E-state index is -2.77. The van der Waals surface area contributed by atoms with E-state index in [4.69, 9.17) is 9.16 Å². The highest BCUT2D eigenvalue weighted by Crippen LogP contribution is 2.36. The molecule has 33 heavy (non-hydrogen) atoms. The van der Waals surface area contributed by atoms with E-state index in [1.807, 2.05) is 36.4 Å². The minimum Gasteiger partial charge on any atom is -0.405 e. The second-order valence-corrected chi connectivity index (χ2v) is 13.4. The second kappa shape index (κ2) is 10.4. The molecule has 0 unspecified atom stereocenters. The standard InChI is InChI=1S/C25H32N2O5Si/c1-19-15-27(24(30)26-23(19)29)18-31-20(16-28)17-32-33(25(2,3)4,21-11-7-5-8-12-21)22-13-9-6-10-14-22/h5-15,20,28H,16-18H2,1-4H3,(H,26,29,30)/t20-/m1/s1. The van der Waals surface area contributed by atoms with Crippen molar-refractivity contribution in [3.05, 3.63) is 93.3 Å². The van der Waals surface area contributed by atoms with Crippen LogP contribution in [0.1, 0.15) is 26.3 Å². The van der Waals surface area contributed by atoms with Crippen molar-refractivity contribution in [1.29, 1.82) is 0 Å². The molecule has 0 aliphatic carbocycles. The van der Waals surface area contributed by atoms with Crippen molar-refractivity contribution < 1.29 is 14.3 Å². The molecule has 0 aliphatic heterocycles. The Kier molecular flexibility index (Phi) is 7.86. The fourth-order valence-electron chi connectivity index (χ4n) is 4.03. The van der Waals surface area contributed by atoms with E-state index in [0.717, 1.165) is 10.4 Å². The molecule has 3 rings (SSSR count). The largest absolute Gasteiger partial charge is 0.405 e. The number of aromatic nitrogens is 2. The first kappa shape index (κ1) is 24.9. The van der Waals surface area contributed by atoms with E-state index in [-0.39, 0.29) is 25.0 Å². The van der Waals surface area contributed by atoms with Gasteiger partial charge in [-0.3, -0.25) is 14.3 Å². The van der Waals surface area contributed by atoms with Crippen LogP contribution < -0.4 is 21.6 Å². The van der Waals surface area contributed by atoms with Crippen LogP contribution in [0.25, 0.3) is 0 Å². The molecule has 7 nitrogen and oxygen atoms in total. The number of H-pyrrole nitrogens is 1. The maximum absolute atomic E-state index is 12.1. The molecule has 0 radical (unpaired) electrons. The number of aromatic amines is 1. The highest BCUT2D eigenvalue weighted by Gasteiger charge is 2.50. The number of hydrogen-bond donors (Lipinski definition) is 2. The summed E-state index contributed by atoms with van der Waals surface area (Å²) in [4.78, 5) is 25.9. The average molecular weight is 469 g/mol. The Bertz CT molecular complexity index is 1110. The van der Waals surface area contributed by atoms with Crippen LogP contribution in [-0.4, -0.2) is 42.3 Å². The predicted molar refractivity (Wildman–Crippen MR) is 132 cm³/mol. The van der Waals surface area contributed by atoms with Gasteiger partial charge in [0.1, 0.15) is 12.8 Å². The van der Waals surface area contributed by atoms with Crippen LogP contribution in [0.4, 0.5) is 0 Å². The summed E-state index contributed by atoms with van der Waals surface area (Å²) in [6.07, 6.45) is 0.796. The first-order valence-electron chi connectivity index (χ1n) is 11.0. The van der Waals surface area contributed by atoms with Crippen molar-refractivity contribution in [2.75, 3.05) is 13.2 Å². The van der Waals surface area contributed by atoms with Crippen LogP contribution in [0.2, 0.25) is 5.04 Å². The number of ether oxygens (including phenoxy) is 1. The van der Waals surface area contributed by atoms with Crippen LogP contribution in [0.3, 0.4) is 0 Å². The molecule has 3 aromatic rings. The first-order valence-corrected chi connectivity index (χ1v) is 12.9. The summed E-state index contributed by atoms with van der Waals surface area (Å²) in [7, 11) is -2.77. The minimum absolute atomic E-state index is 0.105. The highest BCUT2D eigenvalue weighted by molar-refractivity contribution is 6.99. The van der Waals surface area contributed by atoms with E-state index >= 15 is 0 Å². The third-order valence-corrected chi connectivity index (χ3v) is 10.7. The lowest BCUT2D eigenvalue weighted by Gasteiger charge is -2.43. The van der Waals surface area contributed by atoms with Gasteiger partial charge in [0.15, 0.2) is 0 Å². The van der Waals surface area contributed by atoms with Gasteiger partial charge >= 0.3 is 5.69 Å². The summed E-state index contributed by atoms with van der Waals surface area (Å²) in [6, 6.07) is 20.4. The van der Waals surface area contributed by atoms with E-state index in [1.54, 1.807) is 6.92 Å². The normalized spacial score (nSPS) is 13.1. The van der Waals surface area contributed by atoms with Crippen molar-refractivity contribution in [3.8, 4) is 0 Å². The number of nitrogens with zero attached hydrogens (tertiary/aromatic N) is 1. The van der Waals surface area contributed by atoms with Crippen LogP contribution in [-0.2, 0) is 15.9 Å². The second-order valence-electron chi connectivity index (χ2n) is 9.12. The fourth-order valence-corrected chi connectivity index (χ4v) is 8.62. The molecule has 176 valence electrons. The monoisotopic (exact) mass is 468 g/mol. The molecule has 0 fully saturated rings. The summed E-state index contributed by atoms with van der Waals surface area (Å²) < 4.78 is 13.9. The van der Waals surface area contributed by atoms with Crippen LogP contribution in [0.5, 0.6) is 0 Å². The van der Waals surface area contributed by atoms with Gasteiger partial charge in [0.05, 0.1) is 13.2 Å². The maximum atomic E-state index is 12.1. The van der Waals surface area contributed by atoms with Gasteiger partial charge in [-0.25, -0.2) is 4.79 Å². The SMILES string of the molecule is Cc1cn(CO[C@H](CO)CO[Si](c2ccccc2)(c2ccccc2)C(C)(C)C)c(=O)[nH]c1=O. The summed E-state index contributed by atoms with van der Waals surface area (Å²) in [6.45, 7) is 7.93. The molecular formula is C25H32N2O5Si. The van der Waals surface area contributed by atoms with E-state index in [9.17, 15) is 14.7 Å². The summed E-state index contributed by atoms with van der Waals surface area (Å²) in [5, 5.41) is 12.0. The van der Waals surface area contributed by atoms with Gasteiger partial charge in [0.2, 0.25) is 0 Å². The van der Waals surface area contributed by atoms with Gasteiger partial charge in [-0.2, -0.15) is 0 Å². The molecule has 1 atom stereocenters. The number of aliphatic hydroxyl groups excluding tert-OH is 1. The van der Waals surface area contributed by atoms with Gasteiger partial charge in [-0.1, -0.05) is 81.4 Å². The molecule has 2 N–H and O–H groups in total. The zero-order valence-corrected chi connectivity index (χ0v) is 20.6. The molecule has 1 aromatic heterocycles. The van der Waals surface area contributed by atoms with Gasteiger partial charge in [-0.05, 0) is 22.3 Å². The summed E-state index contributed by atoms with van der Waals surface area (Å²) >= 11 is 0. The number of aryl methyl sites for hydroxylation is 1. The van der Waals surface area contributed by atoms with Gasteiger partial charge < -0.3 is 14.3 Å². The van der Waals surface area contributed by atoms with E-state index in [0.29, 0.717) is 5.56 Å². The molecule has 0 amide bonds. The molecule has 0 saturated heterocycles. The summed E-state index contributed by atoms with van der Waals surface area (Å²) in [5.74, 6) is 0. The van der Waals surface area contributed by atoms with Crippen LogP contribution in [0.15, 0.2) is 76.4 Å². The number of benzene rings is 2. The van der Waals surface area contributed by atoms with Gasteiger partial charge in [-0.15, -0.1) is 0 Å². The fraction of sp³-hybridized carbons (Fsp3) is 0.360. The van der Waals surface area contributed by atoms with Crippen molar-refractivity contribution in [2.24, 2.45) is 0 Å². The van der Waals surface area contributed by atoms with Crippen molar-refractivity contribution in [2.45, 2.75) is 45.6 Å². The summed E-state index contributed by atoms with van der Waals surface area (Å²) in [5.41, 5.74) is -0.581. The lowest BCUT2D eigenvalue weighted by atomic mass is 10.2. The van der Waals surface area contributed by atoms with E-state index in [1.165, 1.54) is 10.8 Å². The van der Waals surface area contributed by atoms with E-state index in [2.05, 4.69) is 50.0 Å². The van der Waals surface area contributed by atoms with Crippen LogP contribution >= 0.6 is 0 Å². The Morgan fingerprint density at radius 1 is 1.00 bits per heavy atom. The topological polar surface area (TPSA) is 93.6 Å². The number of aliphatic hydroxyl groups is 1. The number of nitrogens with one attached hydrogen (secondary N) is 1. The molecule has 0 saturated carbocycles. The molecular weight excluding hydrogens is 436 g/mol. The molecule has 2 aromatic carbocycles. The quantitative estimate of drug-likeness (QED) is 0.467. The number of rotatable bonds is 9. The highest BCUT2D eigenvalue weighted by atomic mass is 28.4. The zero-order valence-electron chi connectivity index (χ0n) is 19.6. The Morgan fingerprint density at radius 3 is 2.03 bits per heavy atom. The Hall–Kier alpha value is -2.78. The van der Waals surface area contributed by atoms with Gasteiger partial charge in [0.25, 0.3) is 13.9 Å². The molecule has 8 heteroatoms. The Morgan fingerprint density at radius 2 is 1.55 bits per heavy atom. The lowest BCUT2D eigenvalue weighted by molar-refractivity contribution is -0.0480. The van der Waals surface area contributed by atoms with Crippen molar-refractivity contribution in [1.82, 2.24) is 9.55 Å². The van der Waals surface area contributed by atoms with Crippen LogP contribution in [0, 0.1) is 6.92 Å². The van der Waals surface area contributed by atoms with Crippen molar-refractivity contribution >= 4 is 18.7 Å². The Labute approximate surface area is 194 Å². The smallest absolute Gasteiger partial charge is 0.330 e. The Balaban J connectivity index is 1.89. The number of hydrogen-bond acceptors (Lipinski definition) is 5. The van der Waals surface area contributed by atoms with Crippen molar-refractivity contribution in [3.63, 3.8) is 0 Å². The molecule has 1 heterocycles.